The van der Waals surface area contributed by atoms with Gasteiger partial charge in [-0.1, -0.05) is 0 Å². The number of rotatable bonds is 3. The zero-order valence-corrected chi connectivity index (χ0v) is 9.40. The van der Waals surface area contributed by atoms with Crippen LogP contribution in [0.2, 0.25) is 0 Å². The third-order valence-corrected chi connectivity index (χ3v) is 3.02. The van der Waals surface area contributed by atoms with Gasteiger partial charge in [0.2, 0.25) is 0 Å². The van der Waals surface area contributed by atoms with Crippen LogP contribution in [-0.2, 0) is 16.0 Å². The van der Waals surface area contributed by atoms with E-state index in [1.807, 2.05) is 13.0 Å². The van der Waals surface area contributed by atoms with Crippen molar-refractivity contribution in [3.8, 4) is 0 Å². The Bertz CT molecular complexity index is 398. The van der Waals surface area contributed by atoms with Gasteiger partial charge in [-0.05, 0) is 37.5 Å². The Kier molecular flexibility index (Phi) is 2.92. The predicted molar refractivity (Wildman–Crippen MR) is 61.0 cm³/mol. The van der Waals surface area contributed by atoms with Gasteiger partial charge in [-0.25, -0.2) is 4.98 Å². The third kappa shape index (κ3) is 2.22. The van der Waals surface area contributed by atoms with E-state index >= 15 is 0 Å². The minimum Gasteiger partial charge on any atom is -0.384 e. The molecule has 4 nitrogen and oxygen atoms in total. The van der Waals surface area contributed by atoms with Crippen LogP contribution in [0.3, 0.4) is 0 Å². The Morgan fingerprint density at radius 1 is 1.69 bits per heavy atom. The number of ether oxygens (including phenoxy) is 1. The van der Waals surface area contributed by atoms with E-state index in [2.05, 4.69) is 4.98 Å². The first-order valence-corrected chi connectivity index (χ1v) is 5.48. The first-order chi connectivity index (χ1) is 7.60. The molecule has 1 aliphatic heterocycles. The third-order valence-electron chi connectivity index (χ3n) is 3.02. The molecule has 86 valence electrons. The number of pyridine rings is 1. The van der Waals surface area contributed by atoms with Crippen LogP contribution < -0.4 is 5.73 Å². The second-order valence-electron chi connectivity index (χ2n) is 4.37. The fraction of sp³-hybridized carbons (Fsp3) is 0.500. The Hall–Kier alpha value is -1.42. The quantitative estimate of drug-likeness (QED) is 0.835. The Balaban J connectivity index is 2.07. The first-order valence-electron chi connectivity index (χ1n) is 5.48. The molecule has 1 atom stereocenters. The van der Waals surface area contributed by atoms with Gasteiger partial charge in [0.1, 0.15) is 11.4 Å². The molecule has 2 heterocycles. The van der Waals surface area contributed by atoms with Gasteiger partial charge < -0.3 is 10.5 Å². The first kappa shape index (κ1) is 11.1. The fourth-order valence-corrected chi connectivity index (χ4v) is 1.98. The van der Waals surface area contributed by atoms with Crippen LogP contribution in [0.4, 0.5) is 5.82 Å². The van der Waals surface area contributed by atoms with Crippen molar-refractivity contribution in [3.05, 3.63) is 23.9 Å². The Morgan fingerprint density at radius 3 is 3.12 bits per heavy atom. The van der Waals surface area contributed by atoms with Gasteiger partial charge in [-0.2, -0.15) is 0 Å². The van der Waals surface area contributed by atoms with E-state index in [9.17, 15) is 4.79 Å². The topological polar surface area (TPSA) is 65.2 Å². The lowest BCUT2D eigenvalue weighted by molar-refractivity contribution is -0.136. The van der Waals surface area contributed by atoms with Gasteiger partial charge in [0.05, 0.1) is 0 Å². The summed E-state index contributed by atoms with van der Waals surface area (Å²) in [6.07, 6.45) is 3.76. The minimum absolute atomic E-state index is 0.121. The fourth-order valence-electron chi connectivity index (χ4n) is 1.98. The van der Waals surface area contributed by atoms with Crippen molar-refractivity contribution in [1.82, 2.24) is 4.98 Å². The second kappa shape index (κ2) is 4.22. The van der Waals surface area contributed by atoms with E-state index < -0.39 is 5.60 Å². The summed E-state index contributed by atoms with van der Waals surface area (Å²) >= 11 is 0. The number of carbonyl (C=O) groups excluding carboxylic acids is 1. The van der Waals surface area contributed by atoms with E-state index in [1.165, 1.54) is 0 Å². The molecule has 1 aromatic rings. The number of ketones is 1. The van der Waals surface area contributed by atoms with E-state index in [0.717, 1.165) is 18.4 Å². The average Bonchev–Trinajstić information content (AvgIpc) is 2.66. The van der Waals surface area contributed by atoms with Crippen LogP contribution in [0.15, 0.2) is 18.3 Å². The lowest BCUT2D eigenvalue weighted by atomic mass is 9.93. The molecule has 4 heteroatoms. The summed E-state index contributed by atoms with van der Waals surface area (Å²) in [4.78, 5) is 16.0. The molecule has 0 aromatic carbocycles. The van der Waals surface area contributed by atoms with Crippen LogP contribution in [-0.4, -0.2) is 23.0 Å². The van der Waals surface area contributed by atoms with Crippen molar-refractivity contribution in [2.45, 2.75) is 31.8 Å². The standard InChI is InChI=1S/C12H16N2O2/c1-12(4-2-6-16-12)10(15)7-9-3-5-14-11(13)8-9/h3,5,8H,2,4,6-7H2,1H3,(H2,13,14). The largest absolute Gasteiger partial charge is 0.384 e. The Labute approximate surface area is 94.8 Å². The highest BCUT2D eigenvalue weighted by Crippen LogP contribution is 2.27. The minimum atomic E-state index is -0.599. The zero-order chi connectivity index (χ0) is 11.6. The molecule has 1 aromatic heterocycles. The summed E-state index contributed by atoms with van der Waals surface area (Å²) in [6.45, 7) is 2.55. The molecule has 16 heavy (non-hydrogen) atoms. The predicted octanol–water partition coefficient (Wildman–Crippen LogP) is 1.34. The van der Waals surface area contributed by atoms with Crippen LogP contribution in [0.25, 0.3) is 0 Å². The van der Waals surface area contributed by atoms with E-state index in [0.29, 0.717) is 18.8 Å². The lowest BCUT2D eigenvalue weighted by Gasteiger charge is -2.21. The number of anilines is 1. The van der Waals surface area contributed by atoms with Crippen LogP contribution in [0, 0.1) is 0 Å². The summed E-state index contributed by atoms with van der Waals surface area (Å²) in [6, 6.07) is 3.54. The van der Waals surface area contributed by atoms with Crippen molar-refractivity contribution in [2.24, 2.45) is 0 Å². The van der Waals surface area contributed by atoms with E-state index in [1.54, 1.807) is 12.3 Å². The average molecular weight is 220 g/mol. The van der Waals surface area contributed by atoms with Crippen molar-refractivity contribution >= 4 is 11.6 Å². The maximum Gasteiger partial charge on any atom is 0.168 e. The molecule has 1 saturated heterocycles. The maximum atomic E-state index is 12.1. The van der Waals surface area contributed by atoms with Gasteiger partial charge in [0.15, 0.2) is 5.78 Å². The smallest absolute Gasteiger partial charge is 0.168 e. The molecule has 2 rings (SSSR count). The van der Waals surface area contributed by atoms with Crippen molar-refractivity contribution in [2.75, 3.05) is 12.3 Å². The van der Waals surface area contributed by atoms with Gasteiger partial charge >= 0.3 is 0 Å². The normalized spacial score (nSPS) is 24.6. The molecule has 0 amide bonds. The molecule has 1 unspecified atom stereocenters. The summed E-state index contributed by atoms with van der Waals surface area (Å²) in [5.41, 5.74) is 5.87. The van der Waals surface area contributed by atoms with Crippen molar-refractivity contribution in [1.29, 1.82) is 0 Å². The number of carbonyl (C=O) groups is 1. The number of aromatic nitrogens is 1. The monoisotopic (exact) mass is 220 g/mol. The second-order valence-corrected chi connectivity index (χ2v) is 4.37. The van der Waals surface area contributed by atoms with Gasteiger partial charge in [0.25, 0.3) is 0 Å². The number of nitrogens with zero attached hydrogens (tertiary/aromatic N) is 1. The summed E-state index contributed by atoms with van der Waals surface area (Å²) in [5, 5.41) is 0. The number of hydrogen-bond donors (Lipinski definition) is 1. The van der Waals surface area contributed by atoms with E-state index in [4.69, 9.17) is 10.5 Å². The highest BCUT2D eigenvalue weighted by Gasteiger charge is 2.36. The summed E-state index contributed by atoms with van der Waals surface area (Å²) < 4.78 is 5.51. The van der Waals surface area contributed by atoms with Crippen LogP contribution >= 0.6 is 0 Å². The maximum absolute atomic E-state index is 12.1. The van der Waals surface area contributed by atoms with Gasteiger partial charge in [-0.15, -0.1) is 0 Å². The van der Waals surface area contributed by atoms with E-state index in [-0.39, 0.29) is 5.78 Å². The molecule has 2 N–H and O–H groups in total. The summed E-state index contributed by atoms with van der Waals surface area (Å²) in [5.74, 6) is 0.568. The zero-order valence-electron chi connectivity index (χ0n) is 9.40. The van der Waals surface area contributed by atoms with Crippen molar-refractivity contribution in [3.63, 3.8) is 0 Å². The van der Waals surface area contributed by atoms with Gasteiger partial charge in [-0.3, -0.25) is 4.79 Å². The molecule has 1 fully saturated rings. The molecule has 0 aliphatic carbocycles. The molecular weight excluding hydrogens is 204 g/mol. The van der Waals surface area contributed by atoms with Crippen LogP contribution in [0.1, 0.15) is 25.3 Å². The van der Waals surface area contributed by atoms with Crippen LogP contribution in [0.5, 0.6) is 0 Å². The molecule has 1 aliphatic rings. The molecular formula is C12H16N2O2. The number of hydrogen-bond acceptors (Lipinski definition) is 4. The summed E-state index contributed by atoms with van der Waals surface area (Å²) in [7, 11) is 0. The SMILES string of the molecule is CC1(C(=O)Cc2ccnc(N)c2)CCCO1. The van der Waals surface area contributed by atoms with Crippen molar-refractivity contribution < 1.29 is 9.53 Å². The molecule has 0 radical (unpaired) electrons. The molecule has 0 bridgehead atoms. The number of Topliss-reactive ketones (excluding diaryl/α,β-unsaturated/α-hetero) is 1. The highest BCUT2D eigenvalue weighted by molar-refractivity contribution is 5.89. The highest BCUT2D eigenvalue weighted by atomic mass is 16.5. The lowest BCUT2D eigenvalue weighted by Crippen LogP contribution is -2.35. The molecule has 0 saturated carbocycles. The number of nitrogens with two attached hydrogens (primary N) is 1. The number of nitrogen functional groups attached to an aromatic ring is 1. The molecule has 0 spiro atoms. The van der Waals surface area contributed by atoms with Gasteiger partial charge in [0, 0.05) is 19.2 Å². The Morgan fingerprint density at radius 2 is 2.50 bits per heavy atom.